The number of rotatable bonds is 2. The molecule has 0 aliphatic carbocycles. The summed E-state index contributed by atoms with van der Waals surface area (Å²) in [6.45, 7) is 0.166. The van der Waals surface area contributed by atoms with Gasteiger partial charge in [0, 0.05) is 38.4 Å². The third-order valence-electron chi connectivity index (χ3n) is 8.21. The molecule has 0 saturated carbocycles. The Morgan fingerprint density at radius 3 is 1.83 bits per heavy atom. The fourth-order valence-electron chi connectivity index (χ4n) is 6.30. The maximum absolute atomic E-state index is 6.18. The van der Waals surface area contributed by atoms with E-state index in [1.807, 2.05) is 24.3 Å². The summed E-state index contributed by atoms with van der Waals surface area (Å²) in [6, 6.07) is 44.5. The minimum absolute atomic E-state index is 0.166. The lowest BCUT2D eigenvalue weighted by atomic mass is 9.96. The van der Waals surface area contributed by atoms with E-state index in [4.69, 9.17) is 13.9 Å². The topological polar surface area (TPSA) is 36.5 Å². The first-order chi connectivity index (χ1) is 20.3. The number of hydrogen-bond acceptors (Lipinski definition) is 3. The third kappa shape index (κ3) is 3.34. The van der Waals surface area contributed by atoms with Crippen molar-refractivity contribution in [3.8, 4) is 39.4 Å². The minimum Gasteiger partial charge on any atom is -0.457 e. The second-order valence-corrected chi connectivity index (χ2v) is 10.5. The van der Waals surface area contributed by atoms with E-state index in [0.29, 0.717) is 0 Å². The van der Waals surface area contributed by atoms with Gasteiger partial charge in [-0.15, -0.1) is 0 Å². The van der Waals surface area contributed by atoms with E-state index in [0.717, 1.165) is 61.4 Å². The zero-order valence-electron chi connectivity index (χ0n) is 22.0. The minimum atomic E-state index is 0.166. The molecule has 41 heavy (non-hydrogen) atoms. The Morgan fingerprint density at radius 2 is 1.05 bits per heavy atom. The Hall–Kier alpha value is -5.48. The molecule has 4 heteroatoms. The molecule has 2 aromatic heterocycles. The van der Waals surface area contributed by atoms with E-state index in [9.17, 15) is 0 Å². The van der Waals surface area contributed by atoms with Gasteiger partial charge in [-0.2, -0.15) is 0 Å². The zero-order chi connectivity index (χ0) is 26.9. The zero-order valence-corrected chi connectivity index (χ0v) is 22.0. The van der Waals surface area contributed by atoms with Gasteiger partial charge in [0.2, 0.25) is 6.79 Å². The summed E-state index contributed by atoms with van der Waals surface area (Å²) >= 11 is 0. The van der Waals surface area contributed by atoms with E-state index in [1.54, 1.807) is 0 Å². The van der Waals surface area contributed by atoms with E-state index >= 15 is 0 Å². The van der Waals surface area contributed by atoms with Crippen molar-refractivity contribution in [2.75, 3.05) is 6.79 Å². The maximum Gasteiger partial charge on any atom is 0.230 e. The van der Waals surface area contributed by atoms with Crippen molar-refractivity contribution in [2.45, 2.75) is 0 Å². The smallest absolute Gasteiger partial charge is 0.230 e. The van der Waals surface area contributed by atoms with Gasteiger partial charge in [-0.3, -0.25) is 0 Å². The van der Waals surface area contributed by atoms with Crippen molar-refractivity contribution in [3.63, 3.8) is 0 Å². The molecule has 0 bridgehead atoms. The van der Waals surface area contributed by atoms with Gasteiger partial charge >= 0.3 is 0 Å². The van der Waals surface area contributed by atoms with Gasteiger partial charge in [-0.1, -0.05) is 66.7 Å². The summed E-state index contributed by atoms with van der Waals surface area (Å²) in [7, 11) is 0. The molecule has 0 amide bonds. The van der Waals surface area contributed by atoms with Gasteiger partial charge in [0.05, 0.1) is 11.0 Å². The van der Waals surface area contributed by atoms with Crippen LogP contribution in [0.4, 0.5) is 0 Å². The van der Waals surface area contributed by atoms with Crippen LogP contribution >= 0.6 is 0 Å². The fraction of sp³-hybridized carbons (Fsp3) is 0.0270. The van der Waals surface area contributed by atoms with Crippen LogP contribution in [-0.4, -0.2) is 11.4 Å². The van der Waals surface area contributed by atoms with Crippen LogP contribution in [0.25, 0.3) is 71.7 Å². The largest absolute Gasteiger partial charge is 0.457 e. The second kappa shape index (κ2) is 8.51. The SMILES string of the molecule is c1ccc2c(c1)oc1cc(-c3ccc4c(c3)-c3cc(-n5c6ccccc6c6ccccc65)ccc3OCO4)ccc12. The highest BCUT2D eigenvalue weighted by molar-refractivity contribution is 6.09. The number of nitrogens with zero attached hydrogens (tertiary/aromatic N) is 1. The molecule has 6 aromatic carbocycles. The summed E-state index contributed by atoms with van der Waals surface area (Å²) in [4.78, 5) is 0. The average molecular weight is 530 g/mol. The molecule has 3 heterocycles. The highest BCUT2D eigenvalue weighted by Gasteiger charge is 2.20. The Balaban J connectivity index is 1.23. The summed E-state index contributed by atoms with van der Waals surface area (Å²) in [5, 5.41) is 4.73. The first kappa shape index (κ1) is 22.3. The van der Waals surface area contributed by atoms with Crippen molar-refractivity contribution in [3.05, 3.63) is 127 Å². The number of hydrogen-bond donors (Lipinski definition) is 0. The molecule has 0 saturated heterocycles. The predicted octanol–water partition coefficient (Wildman–Crippen LogP) is 9.75. The van der Waals surface area contributed by atoms with E-state index in [-0.39, 0.29) is 6.79 Å². The monoisotopic (exact) mass is 529 g/mol. The lowest BCUT2D eigenvalue weighted by Crippen LogP contribution is -2.03. The van der Waals surface area contributed by atoms with Gasteiger partial charge in [-0.05, 0) is 71.8 Å². The highest BCUT2D eigenvalue weighted by atomic mass is 16.7. The van der Waals surface area contributed by atoms with Gasteiger partial charge in [0.25, 0.3) is 0 Å². The molecule has 9 rings (SSSR count). The van der Waals surface area contributed by atoms with Gasteiger partial charge in [0.1, 0.15) is 22.7 Å². The number of ether oxygens (including phenoxy) is 2. The van der Waals surface area contributed by atoms with Crippen molar-refractivity contribution in [1.82, 2.24) is 4.57 Å². The molecule has 1 aliphatic heterocycles. The predicted molar refractivity (Wildman–Crippen MR) is 165 cm³/mol. The van der Waals surface area contributed by atoms with Crippen molar-refractivity contribution < 1.29 is 13.9 Å². The van der Waals surface area contributed by atoms with Crippen molar-refractivity contribution >= 4 is 43.7 Å². The molecule has 0 atom stereocenters. The number of benzene rings is 6. The molecule has 0 unspecified atom stereocenters. The average Bonchev–Trinajstić information content (AvgIpc) is 3.50. The van der Waals surface area contributed by atoms with Crippen LogP contribution in [-0.2, 0) is 0 Å². The summed E-state index contributed by atoms with van der Waals surface area (Å²) in [6.07, 6.45) is 0. The molecule has 0 spiro atoms. The number of para-hydroxylation sites is 3. The van der Waals surface area contributed by atoms with E-state index in [1.165, 1.54) is 21.8 Å². The first-order valence-corrected chi connectivity index (χ1v) is 13.8. The second-order valence-electron chi connectivity index (χ2n) is 10.5. The van der Waals surface area contributed by atoms with Crippen LogP contribution in [0.15, 0.2) is 132 Å². The Bertz CT molecular complexity index is 2250. The maximum atomic E-state index is 6.18. The number of furan rings is 1. The van der Waals surface area contributed by atoms with Gasteiger partial charge in [0.15, 0.2) is 0 Å². The molecular weight excluding hydrogens is 506 g/mol. The van der Waals surface area contributed by atoms with E-state index < -0.39 is 0 Å². The highest BCUT2D eigenvalue weighted by Crippen LogP contribution is 2.43. The summed E-state index contributed by atoms with van der Waals surface area (Å²) in [5.41, 5.74) is 9.39. The van der Waals surface area contributed by atoms with Crippen molar-refractivity contribution in [1.29, 1.82) is 0 Å². The molecule has 0 N–H and O–H groups in total. The molecule has 1 aliphatic rings. The van der Waals surface area contributed by atoms with Crippen LogP contribution in [0.2, 0.25) is 0 Å². The van der Waals surface area contributed by atoms with Crippen LogP contribution in [0.3, 0.4) is 0 Å². The normalized spacial score (nSPS) is 12.7. The quantitative estimate of drug-likeness (QED) is 0.224. The first-order valence-electron chi connectivity index (χ1n) is 13.8. The summed E-state index contributed by atoms with van der Waals surface area (Å²) in [5.74, 6) is 1.61. The third-order valence-corrected chi connectivity index (χ3v) is 8.21. The van der Waals surface area contributed by atoms with Crippen LogP contribution in [0.5, 0.6) is 11.5 Å². The molecule has 4 nitrogen and oxygen atoms in total. The Kier molecular flexibility index (Phi) is 4.64. The number of fused-ring (bicyclic) bond motifs is 9. The van der Waals surface area contributed by atoms with E-state index in [2.05, 4.69) is 108 Å². The Morgan fingerprint density at radius 1 is 0.463 bits per heavy atom. The molecule has 0 radical (unpaired) electrons. The van der Waals surface area contributed by atoms with Crippen LogP contribution in [0.1, 0.15) is 0 Å². The molecular formula is C37H23NO3. The fourth-order valence-corrected chi connectivity index (χ4v) is 6.30. The molecule has 194 valence electrons. The number of aromatic nitrogens is 1. The lowest BCUT2D eigenvalue weighted by Gasteiger charge is -2.13. The Labute approximate surface area is 235 Å². The van der Waals surface area contributed by atoms with Gasteiger partial charge < -0.3 is 18.5 Å². The summed E-state index contributed by atoms with van der Waals surface area (Å²) < 4.78 is 20.6. The van der Waals surface area contributed by atoms with Gasteiger partial charge in [-0.25, -0.2) is 0 Å². The van der Waals surface area contributed by atoms with Crippen LogP contribution < -0.4 is 9.47 Å². The standard InChI is InChI=1S/C37H23NO3/c1-4-10-32-26(7-1)27-8-2-5-11-33(27)38(32)25-15-18-35-31(21-25)30-19-23(14-17-34(30)39-22-40-35)24-13-16-29-28-9-3-6-12-36(28)41-37(29)20-24/h1-21H,22H2. The molecule has 0 fully saturated rings. The lowest BCUT2D eigenvalue weighted by molar-refractivity contribution is 0.125. The molecule has 8 aromatic rings. The van der Waals surface area contributed by atoms with Crippen LogP contribution in [0, 0.1) is 0 Å². The van der Waals surface area contributed by atoms with Crippen molar-refractivity contribution in [2.24, 2.45) is 0 Å².